The second kappa shape index (κ2) is 10.2. The van der Waals surface area contributed by atoms with Crippen LogP contribution in [-0.4, -0.2) is 30.2 Å². The maximum atomic E-state index is 12.9. The fourth-order valence-electron chi connectivity index (χ4n) is 4.23. The van der Waals surface area contributed by atoms with Crippen molar-refractivity contribution >= 4 is 51.4 Å². The van der Waals surface area contributed by atoms with Crippen molar-refractivity contribution in [3.63, 3.8) is 0 Å². The molecule has 1 aromatic heterocycles. The first kappa shape index (κ1) is 24.8. The summed E-state index contributed by atoms with van der Waals surface area (Å²) in [5, 5.41) is 7.17. The van der Waals surface area contributed by atoms with Gasteiger partial charge in [-0.3, -0.25) is 9.78 Å². The van der Waals surface area contributed by atoms with Crippen LogP contribution in [0.2, 0.25) is 5.02 Å². The number of methoxy groups -OCH3 is 2. The minimum atomic E-state index is -0.512. The van der Waals surface area contributed by atoms with E-state index in [0.29, 0.717) is 39.2 Å². The van der Waals surface area contributed by atoms with Crippen LogP contribution < -0.4 is 24.8 Å². The van der Waals surface area contributed by atoms with Crippen LogP contribution in [-0.2, 0) is 10.2 Å². The Morgan fingerprint density at radius 2 is 1.68 bits per heavy atom. The fourth-order valence-corrected chi connectivity index (χ4v) is 4.66. The van der Waals surface area contributed by atoms with Crippen molar-refractivity contribution in [2.24, 2.45) is 0 Å². The third-order valence-corrected chi connectivity index (χ3v) is 6.85. The first-order valence-corrected chi connectivity index (χ1v) is 12.4. The van der Waals surface area contributed by atoms with Gasteiger partial charge in [-0.05, 0) is 61.0 Å². The van der Waals surface area contributed by atoms with E-state index in [0.717, 1.165) is 23.8 Å². The number of thiocarbonyl (C=S) groups is 1. The van der Waals surface area contributed by atoms with Crippen LogP contribution in [0.3, 0.4) is 0 Å². The lowest BCUT2D eigenvalue weighted by atomic mass is 9.95. The van der Waals surface area contributed by atoms with Gasteiger partial charge in [-0.2, -0.15) is 0 Å². The van der Waals surface area contributed by atoms with E-state index in [9.17, 15) is 4.79 Å². The zero-order chi connectivity index (χ0) is 26.0. The highest BCUT2D eigenvalue weighted by Gasteiger charge is 2.51. The van der Waals surface area contributed by atoms with Gasteiger partial charge in [0.25, 0.3) is 0 Å². The highest BCUT2D eigenvalue weighted by atomic mass is 35.5. The van der Waals surface area contributed by atoms with E-state index in [1.807, 2.05) is 36.4 Å². The Hall–Kier alpha value is -3.88. The summed E-state index contributed by atoms with van der Waals surface area (Å²) in [6, 6.07) is 20.3. The zero-order valence-corrected chi connectivity index (χ0v) is 21.8. The lowest BCUT2D eigenvalue weighted by Crippen LogP contribution is -2.41. The first-order chi connectivity index (χ1) is 17.9. The molecule has 1 aliphatic carbocycles. The van der Waals surface area contributed by atoms with E-state index in [2.05, 4.69) is 15.6 Å². The van der Waals surface area contributed by atoms with Crippen molar-refractivity contribution in [1.29, 1.82) is 0 Å². The number of amides is 1. The van der Waals surface area contributed by atoms with E-state index >= 15 is 0 Å². The lowest BCUT2D eigenvalue weighted by Gasteiger charge is -2.17. The molecular weight excluding hydrogens is 510 g/mol. The number of rotatable bonds is 7. The predicted molar refractivity (Wildman–Crippen MR) is 148 cm³/mol. The number of benzene rings is 3. The average Bonchev–Trinajstić information content (AvgIpc) is 3.72. The van der Waals surface area contributed by atoms with Gasteiger partial charge in [-0.25, -0.2) is 0 Å². The minimum absolute atomic E-state index is 0.112. The second-order valence-electron chi connectivity index (χ2n) is 8.64. The largest absolute Gasteiger partial charge is 0.493 e. The summed E-state index contributed by atoms with van der Waals surface area (Å²) in [5.74, 6) is 2.04. The maximum absolute atomic E-state index is 12.9. The summed E-state index contributed by atoms with van der Waals surface area (Å²) in [7, 11) is 3.14. The Balaban J connectivity index is 1.29. The predicted octanol–water partition coefficient (Wildman–Crippen LogP) is 6.24. The minimum Gasteiger partial charge on any atom is -0.493 e. The molecule has 0 saturated heterocycles. The summed E-state index contributed by atoms with van der Waals surface area (Å²) >= 11 is 11.9. The Bertz CT molecular complexity index is 1490. The summed E-state index contributed by atoms with van der Waals surface area (Å²) in [4.78, 5) is 17.3. The smallest absolute Gasteiger partial charge is 0.236 e. The molecule has 0 bridgehead atoms. The van der Waals surface area contributed by atoms with Gasteiger partial charge in [0.2, 0.25) is 5.91 Å². The highest BCUT2D eigenvalue weighted by Crippen LogP contribution is 2.48. The number of halogens is 1. The Kier molecular flexibility index (Phi) is 6.86. The molecule has 1 heterocycles. The SMILES string of the molecule is COc1cc2nccc(Oc3ccc(NC(=S)NC(=O)C4(c5ccccc5)CC4)cc3Cl)c2cc1OC. The average molecular weight is 534 g/mol. The quantitative estimate of drug-likeness (QED) is 0.272. The van der Waals surface area contributed by atoms with Crippen molar-refractivity contribution in [2.75, 3.05) is 19.5 Å². The molecule has 5 rings (SSSR count). The van der Waals surface area contributed by atoms with Crippen molar-refractivity contribution in [2.45, 2.75) is 18.3 Å². The van der Waals surface area contributed by atoms with Crippen LogP contribution in [0.5, 0.6) is 23.0 Å². The maximum Gasteiger partial charge on any atom is 0.236 e. The number of carbonyl (C=O) groups excluding carboxylic acids is 1. The van der Waals surface area contributed by atoms with Gasteiger partial charge >= 0.3 is 0 Å². The standard InChI is InChI=1S/C28H24ClN3O4S/c1-34-24-15-19-21(16-25(24)35-2)30-13-10-22(19)36-23-9-8-18(14-20(23)29)31-27(37)32-26(33)28(11-12-28)17-6-4-3-5-7-17/h3-10,13-16H,11-12H2,1-2H3,(H2,31,32,33,37). The molecule has 37 heavy (non-hydrogen) atoms. The molecule has 0 radical (unpaired) electrons. The molecule has 1 saturated carbocycles. The Morgan fingerprint density at radius 3 is 2.35 bits per heavy atom. The molecule has 2 N–H and O–H groups in total. The van der Waals surface area contributed by atoms with Gasteiger partial charge in [-0.15, -0.1) is 0 Å². The van der Waals surface area contributed by atoms with E-state index in [1.54, 1.807) is 50.7 Å². The molecule has 0 spiro atoms. The number of ether oxygens (including phenoxy) is 3. The molecule has 0 atom stereocenters. The molecular formula is C28H24ClN3O4S. The molecule has 1 amide bonds. The molecule has 1 aliphatic rings. The molecule has 0 unspecified atom stereocenters. The number of hydrogen-bond acceptors (Lipinski definition) is 6. The van der Waals surface area contributed by atoms with Gasteiger partial charge in [0, 0.05) is 23.3 Å². The number of carbonyl (C=O) groups is 1. The topological polar surface area (TPSA) is 81.7 Å². The zero-order valence-electron chi connectivity index (χ0n) is 20.2. The number of hydrogen-bond donors (Lipinski definition) is 2. The molecule has 188 valence electrons. The van der Waals surface area contributed by atoms with Crippen LogP contribution >= 0.6 is 23.8 Å². The van der Waals surface area contributed by atoms with Crippen LogP contribution in [0.4, 0.5) is 5.69 Å². The first-order valence-electron chi connectivity index (χ1n) is 11.6. The van der Waals surface area contributed by atoms with Gasteiger partial charge in [-0.1, -0.05) is 41.9 Å². The monoisotopic (exact) mass is 533 g/mol. The van der Waals surface area contributed by atoms with Crippen LogP contribution in [0.15, 0.2) is 72.9 Å². The summed E-state index contributed by atoms with van der Waals surface area (Å²) in [6.45, 7) is 0. The van der Waals surface area contributed by atoms with Gasteiger partial charge in [0.1, 0.15) is 11.5 Å². The molecule has 3 aromatic carbocycles. The van der Waals surface area contributed by atoms with Crippen molar-refractivity contribution in [1.82, 2.24) is 10.3 Å². The van der Waals surface area contributed by atoms with Crippen LogP contribution in [0.1, 0.15) is 18.4 Å². The number of pyridine rings is 1. The van der Waals surface area contributed by atoms with E-state index in [1.165, 1.54) is 0 Å². The van der Waals surface area contributed by atoms with Crippen molar-refractivity contribution in [3.8, 4) is 23.0 Å². The highest BCUT2D eigenvalue weighted by molar-refractivity contribution is 7.80. The van der Waals surface area contributed by atoms with Gasteiger partial charge in [0.05, 0.1) is 30.2 Å². The van der Waals surface area contributed by atoms with Gasteiger partial charge in [0.15, 0.2) is 16.6 Å². The van der Waals surface area contributed by atoms with E-state index < -0.39 is 5.41 Å². The summed E-state index contributed by atoms with van der Waals surface area (Å²) < 4.78 is 16.9. The number of anilines is 1. The van der Waals surface area contributed by atoms with Crippen LogP contribution in [0, 0.1) is 0 Å². The molecule has 7 nitrogen and oxygen atoms in total. The number of nitrogens with zero attached hydrogens (tertiary/aromatic N) is 1. The molecule has 0 aliphatic heterocycles. The molecule has 9 heteroatoms. The molecule has 1 fully saturated rings. The van der Waals surface area contributed by atoms with E-state index in [4.69, 9.17) is 38.0 Å². The van der Waals surface area contributed by atoms with E-state index in [-0.39, 0.29) is 11.0 Å². The third-order valence-electron chi connectivity index (χ3n) is 6.35. The fraction of sp³-hybridized carbons (Fsp3) is 0.179. The molecule has 4 aromatic rings. The Morgan fingerprint density at radius 1 is 0.946 bits per heavy atom. The third kappa shape index (κ3) is 5.03. The normalized spacial score (nSPS) is 13.5. The summed E-state index contributed by atoms with van der Waals surface area (Å²) in [6.07, 6.45) is 3.24. The summed E-state index contributed by atoms with van der Waals surface area (Å²) in [5.41, 5.74) is 1.80. The van der Waals surface area contributed by atoms with Crippen molar-refractivity contribution < 1.29 is 19.0 Å². The van der Waals surface area contributed by atoms with Crippen LogP contribution in [0.25, 0.3) is 10.9 Å². The van der Waals surface area contributed by atoms with Crippen molar-refractivity contribution in [3.05, 3.63) is 83.5 Å². The Labute approximate surface area is 224 Å². The number of nitrogens with one attached hydrogen (secondary N) is 2. The van der Waals surface area contributed by atoms with Gasteiger partial charge < -0.3 is 24.8 Å². The second-order valence-corrected chi connectivity index (χ2v) is 9.45. The number of fused-ring (bicyclic) bond motifs is 1. The lowest BCUT2D eigenvalue weighted by molar-refractivity contribution is -0.122. The number of aromatic nitrogens is 1.